The highest BCUT2D eigenvalue weighted by atomic mass is 16.5. The highest BCUT2D eigenvalue weighted by Crippen LogP contribution is 2.27. The minimum absolute atomic E-state index is 0.0501. The van der Waals surface area contributed by atoms with Crippen LogP contribution in [0, 0.1) is 0 Å². The van der Waals surface area contributed by atoms with E-state index in [4.69, 9.17) is 9.47 Å². The van der Waals surface area contributed by atoms with E-state index in [1.807, 2.05) is 19.9 Å². The van der Waals surface area contributed by atoms with Crippen LogP contribution in [0.2, 0.25) is 0 Å². The first-order valence-corrected chi connectivity index (χ1v) is 8.96. The molecule has 0 aromatic heterocycles. The van der Waals surface area contributed by atoms with Gasteiger partial charge >= 0.3 is 0 Å². The van der Waals surface area contributed by atoms with E-state index in [2.05, 4.69) is 10.6 Å². The van der Waals surface area contributed by atoms with E-state index in [1.54, 1.807) is 56.5 Å². The van der Waals surface area contributed by atoms with Gasteiger partial charge in [-0.1, -0.05) is 31.2 Å². The molecule has 0 aliphatic heterocycles. The van der Waals surface area contributed by atoms with Gasteiger partial charge in [0.05, 0.1) is 18.4 Å². The molecular weight excluding hydrogens is 344 g/mol. The summed E-state index contributed by atoms with van der Waals surface area (Å²) in [6.07, 6.45) is 0.0521. The van der Waals surface area contributed by atoms with E-state index in [0.717, 1.165) is 6.42 Å². The van der Waals surface area contributed by atoms with Gasteiger partial charge in [-0.15, -0.1) is 0 Å². The van der Waals surface area contributed by atoms with E-state index >= 15 is 0 Å². The second-order valence-corrected chi connectivity index (χ2v) is 6.23. The van der Waals surface area contributed by atoms with Crippen LogP contribution in [0.4, 0.5) is 5.69 Å². The fraction of sp³-hybridized carbons (Fsp3) is 0.333. The van der Waals surface area contributed by atoms with Gasteiger partial charge in [0.25, 0.3) is 11.8 Å². The molecule has 2 aromatic rings. The molecule has 0 aliphatic carbocycles. The molecule has 6 nitrogen and oxygen atoms in total. The summed E-state index contributed by atoms with van der Waals surface area (Å²) in [5, 5.41) is 5.68. The summed E-state index contributed by atoms with van der Waals surface area (Å²) < 4.78 is 10.9. The molecule has 6 heteroatoms. The number of carbonyl (C=O) groups excluding carboxylic acids is 2. The van der Waals surface area contributed by atoms with Crippen molar-refractivity contribution in [3.63, 3.8) is 0 Å². The lowest BCUT2D eigenvalue weighted by Gasteiger charge is -2.18. The van der Waals surface area contributed by atoms with Gasteiger partial charge in [0.2, 0.25) is 0 Å². The maximum absolute atomic E-state index is 12.6. The number of benzene rings is 2. The molecule has 0 radical (unpaired) electrons. The third kappa shape index (κ3) is 5.48. The molecule has 2 atom stereocenters. The Hall–Kier alpha value is -3.02. The zero-order chi connectivity index (χ0) is 19.8. The summed E-state index contributed by atoms with van der Waals surface area (Å²) in [7, 11) is 1.54. The molecule has 0 saturated carbocycles. The molecule has 0 fully saturated rings. The van der Waals surface area contributed by atoms with Crippen molar-refractivity contribution in [1.29, 1.82) is 0 Å². The van der Waals surface area contributed by atoms with Crippen molar-refractivity contribution < 1.29 is 19.1 Å². The van der Waals surface area contributed by atoms with Gasteiger partial charge < -0.3 is 20.1 Å². The first-order chi connectivity index (χ1) is 13.0. The summed E-state index contributed by atoms with van der Waals surface area (Å²) >= 11 is 0. The molecule has 27 heavy (non-hydrogen) atoms. The SMILES string of the molecule is CC[C@@H](C)NC(=O)c1ccccc1NC(=O)[C@@H](C)Oc1ccccc1OC. The van der Waals surface area contributed by atoms with E-state index in [0.29, 0.717) is 22.7 Å². The van der Waals surface area contributed by atoms with Crippen LogP contribution < -0.4 is 20.1 Å². The zero-order valence-corrected chi connectivity index (χ0v) is 16.1. The number of nitrogens with one attached hydrogen (secondary N) is 2. The lowest BCUT2D eigenvalue weighted by atomic mass is 10.1. The molecule has 0 saturated heterocycles. The smallest absolute Gasteiger partial charge is 0.265 e. The number of ether oxygens (including phenoxy) is 2. The van der Waals surface area contributed by atoms with Gasteiger partial charge in [-0.25, -0.2) is 0 Å². The molecule has 0 unspecified atom stereocenters. The first kappa shape index (κ1) is 20.3. The Kier molecular flexibility index (Phi) is 7.23. The predicted octanol–water partition coefficient (Wildman–Crippen LogP) is 3.63. The summed E-state index contributed by atoms with van der Waals surface area (Å²) in [4.78, 5) is 25.0. The van der Waals surface area contributed by atoms with Gasteiger partial charge in [0, 0.05) is 6.04 Å². The standard InChI is InChI=1S/C21H26N2O4/c1-5-14(2)22-21(25)16-10-6-7-11-17(16)23-20(24)15(3)27-19-13-9-8-12-18(19)26-4/h6-15H,5H2,1-4H3,(H,22,25)(H,23,24)/t14-,15-/m1/s1. The molecule has 0 spiro atoms. The van der Waals surface area contributed by atoms with Gasteiger partial charge in [0.15, 0.2) is 17.6 Å². The number of anilines is 1. The Balaban J connectivity index is 2.10. The number of para-hydroxylation sites is 3. The third-order valence-corrected chi connectivity index (χ3v) is 4.16. The topological polar surface area (TPSA) is 76.7 Å². The molecule has 2 N–H and O–H groups in total. The quantitative estimate of drug-likeness (QED) is 0.744. The van der Waals surface area contributed by atoms with Crippen LogP contribution in [-0.4, -0.2) is 31.1 Å². The van der Waals surface area contributed by atoms with E-state index < -0.39 is 6.10 Å². The minimum atomic E-state index is -0.771. The van der Waals surface area contributed by atoms with Crippen LogP contribution in [0.3, 0.4) is 0 Å². The Morgan fingerprint density at radius 3 is 2.30 bits per heavy atom. The molecule has 0 aliphatic rings. The van der Waals surface area contributed by atoms with Crippen LogP contribution >= 0.6 is 0 Å². The lowest BCUT2D eigenvalue weighted by Crippen LogP contribution is -2.34. The van der Waals surface area contributed by atoms with Crippen molar-refractivity contribution in [2.24, 2.45) is 0 Å². The maximum atomic E-state index is 12.6. The van der Waals surface area contributed by atoms with Crippen LogP contribution in [0.25, 0.3) is 0 Å². The molecule has 0 bridgehead atoms. The van der Waals surface area contributed by atoms with Gasteiger partial charge in [0.1, 0.15) is 0 Å². The Morgan fingerprint density at radius 2 is 1.63 bits per heavy atom. The maximum Gasteiger partial charge on any atom is 0.265 e. The molecule has 144 valence electrons. The van der Waals surface area contributed by atoms with Gasteiger partial charge in [-0.05, 0) is 44.5 Å². The van der Waals surface area contributed by atoms with Crippen LogP contribution in [0.1, 0.15) is 37.6 Å². The lowest BCUT2D eigenvalue weighted by molar-refractivity contribution is -0.122. The normalized spacial score (nSPS) is 12.6. The van der Waals surface area contributed by atoms with Crippen molar-refractivity contribution in [2.45, 2.75) is 39.3 Å². The van der Waals surface area contributed by atoms with E-state index in [9.17, 15) is 9.59 Å². The van der Waals surface area contributed by atoms with Crippen molar-refractivity contribution in [2.75, 3.05) is 12.4 Å². The second-order valence-electron chi connectivity index (χ2n) is 6.23. The molecule has 2 amide bonds. The summed E-state index contributed by atoms with van der Waals surface area (Å²) in [5.41, 5.74) is 0.856. The highest BCUT2D eigenvalue weighted by Gasteiger charge is 2.20. The molecule has 0 heterocycles. The number of rotatable bonds is 8. The van der Waals surface area contributed by atoms with Crippen molar-refractivity contribution in [3.8, 4) is 11.5 Å². The third-order valence-electron chi connectivity index (χ3n) is 4.16. The van der Waals surface area contributed by atoms with Gasteiger partial charge in [-0.2, -0.15) is 0 Å². The van der Waals surface area contributed by atoms with E-state index in [1.165, 1.54) is 0 Å². The number of methoxy groups -OCH3 is 1. The molecular formula is C21H26N2O4. The van der Waals surface area contributed by atoms with Crippen LogP contribution in [-0.2, 0) is 4.79 Å². The van der Waals surface area contributed by atoms with Crippen LogP contribution in [0.15, 0.2) is 48.5 Å². The Labute approximate surface area is 159 Å². The van der Waals surface area contributed by atoms with Gasteiger partial charge in [-0.3, -0.25) is 9.59 Å². The van der Waals surface area contributed by atoms with Crippen molar-refractivity contribution in [1.82, 2.24) is 5.32 Å². The number of hydrogen-bond acceptors (Lipinski definition) is 4. The average molecular weight is 370 g/mol. The first-order valence-electron chi connectivity index (χ1n) is 8.96. The number of carbonyl (C=O) groups is 2. The zero-order valence-electron chi connectivity index (χ0n) is 16.1. The second kappa shape index (κ2) is 9.62. The largest absolute Gasteiger partial charge is 0.493 e. The number of amides is 2. The molecule has 2 aromatic carbocycles. The van der Waals surface area contributed by atoms with Crippen molar-refractivity contribution >= 4 is 17.5 Å². The predicted molar refractivity (Wildman–Crippen MR) is 105 cm³/mol. The summed E-state index contributed by atoms with van der Waals surface area (Å²) in [5.74, 6) is 0.444. The highest BCUT2D eigenvalue weighted by molar-refractivity contribution is 6.04. The number of hydrogen-bond donors (Lipinski definition) is 2. The summed E-state index contributed by atoms with van der Waals surface area (Å²) in [6, 6.07) is 14.1. The minimum Gasteiger partial charge on any atom is -0.493 e. The van der Waals surface area contributed by atoms with Crippen molar-refractivity contribution in [3.05, 3.63) is 54.1 Å². The summed E-state index contributed by atoms with van der Waals surface area (Å²) in [6.45, 7) is 5.57. The fourth-order valence-electron chi connectivity index (χ4n) is 2.39. The Morgan fingerprint density at radius 1 is 1.00 bits per heavy atom. The van der Waals surface area contributed by atoms with Crippen LogP contribution in [0.5, 0.6) is 11.5 Å². The average Bonchev–Trinajstić information content (AvgIpc) is 2.68. The monoisotopic (exact) mass is 370 g/mol. The fourth-order valence-corrected chi connectivity index (χ4v) is 2.39. The Bertz CT molecular complexity index is 791. The van der Waals surface area contributed by atoms with E-state index in [-0.39, 0.29) is 17.9 Å². The molecule has 2 rings (SSSR count).